The van der Waals surface area contributed by atoms with Crippen molar-refractivity contribution in [1.82, 2.24) is 10.3 Å². The number of hydrogen-bond acceptors (Lipinski definition) is 3. The minimum Gasteiger partial charge on any atom is -0.303 e. The third-order valence-corrected chi connectivity index (χ3v) is 4.39. The SMILES string of the molecule is CC(C)NC1(c2nccs2)CCC(C)(C)C1. The van der Waals surface area contributed by atoms with Crippen molar-refractivity contribution in [1.29, 1.82) is 0 Å². The van der Waals surface area contributed by atoms with Crippen molar-refractivity contribution in [3.05, 3.63) is 16.6 Å². The van der Waals surface area contributed by atoms with Gasteiger partial charge in [0.2, 0.25) is 0 Å². The molecule has 1 N–H and O–H groups in total. The number of thiazole rings is 1. The molecule has 1 atom stereocenters. The fraction of sp³-hybridized carbons (Fsp3) is 0.769. The van der Waals surface area contributed by atoms with Gasteiger partial charge in [-0.2, -0.15) is 0 Å². The largest absolute Gasteiger partial charge is 0.303 e. The summed E-state index contributed by atoms with van der Waals surface area (Å²) in [5.41, 5.74) is 0.569. The Hall–Kier alpha value is -0.410. The molecule has 16 heavy (non-hydrogen) atoms. The first-order valence-electron chi connectivity index (χ1n) is 6.11. The van der Waals surface area contributed by atoms with E-state index in [0.717, 1.165) is 0 Å². The summed E-state index contributed by atoms with van der Waals surface area (Å²) in [6.07, 6.45) is 5.62. The van der Waals surface area contributed by atoms with Crippen molar-refractivity contribution < 1.29 is 0 Å². The Balaban J connectivity index is 2.28. The minimum atomic E-state index is 0.131. The van der Waals surface area contributed by atoms with Gasteiger partial charge < -0.3 is 5.32 Å². The molecule has 0 bridgehead atoms. The van der Waals surface area contributed by atoms with Gasteiger partial charge in [-0.25, -0.2) is 4.98 Å². The molecule has 3 heteroatoms. The highest BCUT2D eigenvalue weighted by Gasteiger charge is 2.46. The summed E-state index contributed by atoms with van der Waals surface area (Å²) in [6, 6.07) is 0.512. The van der Waals surface area contributed by atoms with E-state index in [1.54, 1.807) is 11.3 Å². The number of nitrogens with one attached hydrogen (secondary N) is 1. The van der Waals surface area contributed by atoms with Crippen LogP contribution in [0.3, 0.4) is 0 Å². The van der Waals surface area contributed by atoms with Crippen molar-refractivity contribution in [2.45, 2.75) is 58.5 Å². The normalized spacial score (nSPS) is 28.8. The molecule has 0 aliphatic heterocycles. The maximum Gasteiger partial charge on any atom is 0.113 e. The predicted molar refractivity (Wildman–Crippen MR) is 69.7 cm³/mol. The molecule has 1 saturated carbocycles. The smallest absolute Gasteiger partial charge is 0.113 e. The summed E-state index contributed by atoms with van der Waals surface area (Å²) < 4.78 is 0. The predicted octanol–water partition coefficient (Wildman–Crippen LogP) is 3.55. The zero-order valence-electron chi connectivity index (χ0n) is 10.7. The summed E-state index contributed by atoms with van der Waals surface area (Å²) in [7, 11) is 0. The van der Waals surface area contributed by atoms with Crippen LogP contribution in [0.1, 0.15) is 52.0 Å². The molecule has 1 aliphatic rings. The van der Waals surface area contributed by atoms with Crippen LogP contribution >= 0.6 is 11.3 Å². The third kappa shape index (κ3) is 2.30. The van der Waals surface area contributed by atoms with Crippen molar-refractivity contribution in [3.8, 4) is 0 Å². The van der Waals surface area contributed by atoms with Crippen LogP contribution in [0.5, 0.6) is 0 Å². The molecule has 1 aromatic heterocycles. The monoisotopic (exact) mass is 238 g/mol. The van der Waals surface area contributed by atoms with E-state index in [4.69, 9.17) is 0 Å². The van der Waals surface area contributed by atoms with E-state index >= 15 is 0 Å². The molecule has 0 aromatic carbocycles. The maximum atomic E-state index is 4.55. The lowest BCUT2D eigenvalue weighted by atomic mass is 9.87. The van der Waals surface area contributed by atoms with Crippen molar-refractivity contribution in [3.63, 3.8) is 0 Å². The Labute approximate surface area is 102 Å². The number of rotatable bonds is 3. The lowest BCUT2D eigenvalue weighted by molar-refractivity contribution is 0.270. The van der Waals surface area contributed by atoms with Crippen LogP contribution in [0.15, 0.2) is 11.6 Å². The van der Waals surface area contributed by atoms with Gasteiger partial charge >= 0.3 is 0 Å². The van der Waals surface area contributed by atoms with E-state index in [2.05, 4.69) is 43.4 Å². The lowest BCUT2D eigenvalue weighted by Gasteiger charge is -2.32. The number of hydrogen-bond donors (Lipinski definition) is 1. The van der Waals surface area contributed by atoms with Gasteiger partial charge in [0, 0.05) is 17.6 Å². The van der Waals surface area contributed by atoms with Gasteiger partial charge in [-0.05, 0) is 38.5 Å². The van der Waals surface area contributed by atoms with Crippen LogP contribution in [0.2, 0.25) is 0 Å². The van der Waals surface area contributed by atoms with Crippen molar-refractivity contribution in [2.24, 2.45) is 5.41 Å². The molecule has 90 valence electrons. The molecule has 1 fully saturated rings. The van der Waals surface area contributed by atoms with Crippen LogP contribution in [0, 0.1) is 5.41 Å². The summed E-state index contributed by atoms with van der Waals surface area (Å²) in [5, 5.41) is 7.12. The van der Waals surface area contributed by atoms with Crippen molar-refractivity contribution in [2.75, 3.05) is 0 Å². The Kier molecular flexibility index (Phi) is 3.10. The van der Waals surface area contributed by atoms with Gasteiger partial charge in [-0.1, -0.05) is 13.8 Å². The van der Waals surface area contributed by atoms with Crippen molar-refractivity contribution >= 4 is 11.3 Å². The van der Waals surface area contributed by atoms with Crippen LogP contribution < -0.4 is 5.32 Å². The average molecular weight is 238 g/mol. The molecule has 2 nitrogen and oxygen atoms in total. The molecule has 1 heterocycles. The van der Waals surface area contributed by atoms with E-state index in [9.17, 15) is 0 Å². The molecule has 1 unspecified atom stereocenters. The molecule has 2 rings (SSSR count). The molecule has 0 radical (unpaired) electrons. The van der Waals surface area contributed by atoms with E-state index < -0.39 is 0 Å². The van der Waals surface area contributed by atoms with Gasteiger partial charge in [-0.3, -0.25) is 0 Å². The molecular formula is C13H22N2S. The van der Waals surface area contributed by atoms with E-state index in [-0.39, 0.29) is 5.54 Å². The molecule has 1 aromatic rings. The zero-order valence-corrected chi connectivity index (χ0v) is 11.5. The topological polar surface area (TPSA) is 24.9 Å². The van der Waals surface area contributed by atoms with Crippen LogP contribution in [0.25, 0.3) is 0 Å². The summed E-state index contributed by atoms with van der Waals surface area (Å²) in [5.74, 6) is 0. The molecular weight excluding hydrogens is 216 g/mol. The maximum absolute atomic E-state index is 4.55. The number of nitrogens with zero attached hydrogens (tertiary/aromatic N) is 1. The van der Waals surface area contributed by atoms with Gasteiger partial charge in [0.05, 0.1) is 5.54 Å². The van der Waals surface area contributed by atoms with Gasteiger partial charge in [0.25, 0.3) is 0 Å². The molecule has 0 amide bonds. The van der Waals surface area contributed by atoms with Crippen LogP contribution in [-0.2, 0) is 5.54 Å². The molecule has 0 spiro atoms. The minimum absolute atomic E-state index is 0.131. The first-order chi connectivity index (χ1) is 7.44. The highest BCUT2D eigenvalue weighted by atomic mass is 32.1. The molecule has 0 saturated heterocycles. The van der Waals surface area contributed by atoms with Gasteiger partial charge in [0.1, 0.15) is 5.01 Å². The fourth-order valence-electron chi connectivity index (χ4n) is 2.93. The standard InChI is InChI=1S/C13H22N2S/c1-10(2)15-13(11-14-7-8-16-11)6-5-12(3,4)9-13/h7-8,10,15H,5-6,9H2,1-4H3. The second-order valence-corrected chi connectivity index (χ2v) is 6.95. The van der Waals surface area contributed by atoms with Gasteiger partial charge in [-0.15, -0.1) is 11.3 Å². The first kappa shape index (κ1) is 12.1. The summed E-state index contributed by atoms with van der Waals surface area (Å²) in [6.45, 7) is 9.18. The Morgan fingerprint density at radius 1 is 1.38 bits per heavy atom. The van der Waals surface area contributed by atoms with E-state index in [1.165, 1.54) is 24.3 Å². The van der Waals surface area contributed by atoms with Crippen LogP contribution in [0.4, 0.5) is 0 Å². The average Bonchev–Trinajstić information content (AvgIpc) is 2.72. The third-order valence-electron chi connectivity index (χ3n) is 3.42. The Bertz CT molecular complexity index is 343. The highest BCUT2D eigenvalue weighted by molar-refractivity contribution is 7.09. The lowest BCUT2D eigenvalue weighted by Crippen LogP contribution is -2.44. The zero-order chi connectivity index (χ0) is 11.8. The Morgan fingerprint density at radius 2 is 2.12 bits per heavy atom. The van der Waals surface area contributed by atoms with E-state index in [0.29, 0.717) is 11.5 Å². The van der Waals surface area contributed by atoms with E-state index in [1.807, 2.05) is 6.20 Å². The molecule has 1 aliphatic carbocycles. The quantitative estimate of drug-likeness (QED) is 0.871. The number of aromatic nitrogens is 1. The summed E-state index contributed by atoms with van der Waals surface area (Å²) in [4.78, 5) is 4.55. The summed E-state index contributed by atoms with van der Waals surface area (Å²) >= 11 is 1.79. The van der Waals surface area contributed by atoms with Gasteiger partial charge in [0.15, 0.2) is 0 Å². The highest BCUT2D eigenvalue weighted by Crippen LogP contribution is 2.49. The second-order valence-electron chi connectivity index (χ2n) is 6.06. The van der Waals surface area contributed by atoms with Crippen LogP contribution in [-0.4, -0.2) is 11.0 Å². The second kappa shape index (κ2) is 4.11. The Morgan fingerprint density at radius 3 is 2.56 bits per heavy atom. The first-order valence-corrected chi connectivity index (χ1v) is 6.99. The fourth-order valence-corrected chi connectivity index (χ4v) is 3.76.